The van der Waals surface area contributed by atoms with E-state index in [4.69, 9.17) is 4.74 Å². The Hall–Kier alpha value is -1.05. The van der Waals surface area contributed by atoms with Gasteiger partial charge in [-0.1, -0.05) is 23.8 Å². The van der Waals surface area contributed by atoms with Gasteiger partial charge in [-0.25, -0.2) is 0 Å². The molecule has 0 spiro atoms. The molecule has 13 heavy (non-hydrogen) atoms. The summed E-state index contributed by atoms with van der Waals surface area (Å²) in [7, 11) is 0. The highest BCUT2D eigenvalue weighted by Crippen LogP contribution is 2.39. The fraction of sp³-hybridized carbons (Fsp3) is 0.545. The van der Waals surface area contributed by atoms with Crippen molar-refractivity contribution >= 4 is 5.97 Å². The summed E-state index contributed by atoms with van der Waals surface area (Å²) in [6.07, 6.45) is 8.30. The van der Waals surface area contributed by atoms with Gasteiger partial charge in [0.1, 0.15) is 0 Å². The van der Waals surface area contributed by atoms with Gasteiger partial charge in [-0.3, -0.25) is 4.79 Å². The smallest absolute Gasteiger partial charge is 0.309 e. The van der Waals surface area contributed by atoms with E-state index >= 15 is 0 Å². The van der Waals surface area contributed by atoms with Crippen LogP contribution < -0.4 is 0 Å². The monoisotopic (exact) mass is 178 g/mol. The molecule has 2 aliphatic rings. The molecule has 0 aliphatic heterocycles. The Morgan fingerprint density at radius 3 is 3.00 bits per heavy atom. The van der Waals surface area contributed by atoms with Crippen LogP contribution in [0.1, 0.15) is 19.8 Å². The first-order chi connectivity index (χ1) is 6.29. The van der Waals surface area contributed by atoms with Crippen molar-refractivity contribution in [2.45, 2.75) is 19.8 Å². The number of rotatable bonds is 3. The SMILES string of the molecule is CCOC(=O)CC1=CC2C=CC1C2. The zero-order chi connectivity index (χ0) is 9.26. The molecule has 0 N–H and O–H groups in total. The maximum Gasteiger partial charge on any atom is 0.309 e. The Balaban J connectivity index is 1.90. The van der Waals surface area contributed by atoms with E-state index < -0.39 is 0 Å². The molecule has 2 rings (SSSR count). The lowest BCUT2D eigenvalue weighted by molar-refractivity contribution is -0.142. The highest BCUT2D eigenvalue weighted by molar-refractivity contribution is 5.73. The first-order valence-corrected chi connectivity index (χ1v) is 4.84. The lowest BCUT2D eigenvalue weighted by Gasteiger charge is -2.08. The van der Waals surface area contributed by atoms with Gasteiger partial charge in [0, 0.05) is 0 Å². The van der Waals surface area contributed by atoms with E-state index in [0.717, 1.165) is 0 Å². The average Bonchev–Trinajstić information content (AvgIpc) is 2.65. The second kappa shape index (κ2) is 3.36. The zero-order valence-corrected chi connectivity index (χ0v) is 7.82. The highest BCUT2D eigenvalue weighted by Gasteiger charge is 2.28. The summed E-state index contributed by atoms with van der Waals surface area (Å²) in [6, 6.07) is 0. The maximum absolute atomic E-state index is 11.2. The third-order valence-corrected chi connectivity index (χ3v) is 2.67. The summed E-state index contributed by atoms with van der Waals surface area (Å²) in [6.45, 7) is 2.32. The van der Waals surface area contributed by atoms with E-state index in [0.29, 0.717) is 24.9 Å². The van der Waals surface area contributed by atoms with Crippen molar-refractivity contribution in [3.63, 3.8) is 0 Å². The van der Waals surface area contributed by atoms with Crippen LogP contribution in [0.4, 0.5) is 0 Å². The minimum absolute atomic E-state index is 0.0882. The van der Waals surface area contributed by atoms with E-state index in [1.54, 1.807) is 0 Å². The number of ether oxygens (including phenoxy) is 1. The van der Waals surface area contributed by atoms with Crippen LogP contribution in [0, 0.1) is 11.8 Å². The molecule has 2 heteroatoms. The molecule has 2 unspecified atom stereocenters. The van der Waals surface area contributed by atoms with Crippen LogP contribution in [0.15, 0.2) is 23.8 Å². The molecule has 0 saturated carbocycles. The molecule has 0 fully saturated rings. The second-order valence-electron chi connectivity index (χ2n) is 3.61. The van der Waals surface area contributed by atoms with Crippen molar-refractivity contribution in [1.29, 1.82) is 0 Å². The summed E-state index contributed by atoms with van der Waals surface area (Å²) in [5, 5.41) is 0. The standard InChI is InChI=1S/C11H14O2/c1-2-13-11(12)7-10-6-8-3-4-9(10)5-8/h3-4,6,8-9H,2,5,7H2,1H3. The largest absolute Gasteiger partial charge is 0.466 e. The molecule has 2 bridgehead atoms. The molecule has 0 aromatic rings. The van der Waals surface area contributed by atoms with Crippen molar-refractivity contribution in [3.05, 3.63) is 23.8 Å². The Labute approximate surface area is 78.3 Å². The number of allylic oxidation sites excluding steroid dienone is 3. The number of hydrogen-bond acceptors (Lipinski definition) is 2. The number of esters is 1. The van der Waals surface area contributed by atoms with Gasteiger partial charge in [0.25, 0.3) is 0 Å². The molecule has 2 atom stereocenters. The van der Waals surface area contributed by atoms with Crippen LogP contribution >= 0.6 is 0 Å². The van der Waals surface area contributed by atoms with Crippen LogP contribution in [-0.2, 0) is 9.53 Å². The quantitative estimate of drug-likeness (QED) is 0.488. The normalized spacial score (nSPS) is 29.2. The molecule has 0 amide bonds. The van der Waals surface area contributed by atoms with Gasteiger partial charge in [-0.15, -0.1) is 0 Å². The topological polar surface area (TPSA) is 26.3 Å². The fourth-order valence-corrected chi connectivity index (χ4v) is 2.09. The van der Waals surface area contributed by atoms with Crippen LogP contribution in [-0.4, -0.2) is 12.6 Å². The third-order valence-electron chi connectivity index (χ3n) is 2.67. The molecule has 0 saturated heterocycles. The molecule has 0 aromatic heterocycles. The Bertz CT molecular complexity index is 276. The predicted molar refractivity (Wildman–Crippen MR) is 50.1 cm³/mol. The fourth-order valence-electron chi connectivity index (χ4n) is 2.09. The molecule has 2 aliphatic carbocycles. The Morgan fingerprint density at radius 1 is 1.62 bits per heavy atom. The van der Waals surface area contributed by atoms with Crippen molar-refractivity contribution in [1.82, 2.24) is 0 Å². The van der Waals surface area contributed by atoms with E-state index in [2.05, 4.69) is 18.2 Å². The summed E-state index contributed by atoms with van der Waals surface area (Å²) in [4.78, 5) is 11.2. The molecular formula is C11H14O2. The van der Waals surface area contributed by atoms with E-state index in [1.807, 2.05) is 6.92 Å². The van der Waals surface area contributed by atoms with Crippen LogP contribution in [0.3, 0.4) is 0 Å². The highest BCUT2D eigenvalue weighted by atomic mass is 16.5. The van der Waals surface area contributed by atoms with Gasteiger partial charge in [0.15, 0.2) is 0 Å². The zero-order valence-electron chi connectivity index (χ0n) is 7.82. The van der Waals surface area contributed by atoms with E-state index in [-0.39, 0.29) is 5.97 Å². The molecule has 2 nitrogen and oxygen atoms in total. The predicted octanol–water partition coefficient (Wildman–Crippen LogP) is 2.07. The van der Waals surface area contributed by atoms with Crippen molar-refractivity contribution in [2.75, 3.05) is 6.61 Å². The number of carbonyl (C=O) groups is 1. The minimum Gasteiger partial charge on any atom is -0.466 e. The van der Waals surface area contributed by atoms with Gasteiger partial charge in [-0.05, 0) is 25.2 Å². The maximum atomic E-state index is 11.2. The Morgan fingerprint density at radius 2 is 2.46 bits per heavy atom. The Kier molecular flexibility index (Phi) is 2.21. The number of fused-ring (bicyclic) bond motifs is 2. The minimum atomic E-state index is -0.0882. The van der Waals surface area contributed by atoms with Crippen LogP contribution in [0.5, 0.6) is 0 Å². The molecule has 0 aromatic carbocycles. The van der Waals surface area contributed by atoms with Crippen molar-refractivity contribution in [2.24, 2.45) is 11.8 Å². The van der Waals surface area contributed by atoms with Gasteiger partial charge >= 0.3 is 5.97 Å². The molecule has 70 valence electrons. The lowest BCUT2D eigenvalue weighted by Crippen LogP contribution is -2.07. The van der Waals surface area contributed by atoms with Gasteiger partial charge in [-0.2, -0.15) is 0 Å². The first kappa shape index (κ1) is 8.54. The lowest BCUT2D eigenvalue weighted by atomic mass is 10.0. The molecule has 0 radical (unpaired) electrons. The summed E-state index contributed by atoms with van der Waals surface area (Å²) < 4.78 is 4.91. The average molecular weight is 178 g/mol. The van der Waals surface area contributed by atoms with Gasteiger partial charge in [0.2, 0.25) is 0 Å². The van der Waals surface area contributed by atoms with Crippen molar-refractivity contribution in [3.8, 4) is 0 Å². The van der Waals surface area contributed by atoms with E-state index in [1.165, 1.54) is 12.0 Å². The van der Waals surface area contributed by atoms with Gasteiger partial charge < -0.3 is 4.74 Å². The first-order valence-electron chi connectivity index (χ1n) is 4.84. The summed E-state index contributed by atoms with van der Waals surface area (Å²) >= 11 is 0. The summed E-state index contributed by atoms with van der Waals surface area (Å²) in [5.41, 5.74) is 1.26. The number of hydrogen-bond donors (Lipinski definition) is 0. The van der Waals surface area contributed by atoms with Crippen LogP contribution in [0.2, 0.25) is 0 Å². The summed E-state index contributed by atoms with van der Waals surface area (Å²) in [5.74, 6) is 1.03. The third kappa shape index (κ3) is 1.67. The second-order valence-corrected chi connectivity index (χ2v) is 3.61. The van der Waals surface area contributed by atoms with Crippen molar-refractivity contribution < 1.29 is 9.53 Å². The van der Waals surface area contributed by atoms with Gasteiger partial charge in [0.05, 0.1) is 13.0 Å². The molecular weight excluding hydrogens is 164 g/mol. The van der Waals surface area contributed by atoms with E-state index in [9.17, 15) is 4.79 Å². The number of carbonyl (C=O) groups excluding carboxylic acids is 1. The van der Waals surface area contributed by atoms with Crippen LogP contribution in [0.25, 0.3) is 0 Å². The molecule has 0 heterocycles.